The minimum Gasteiger partial charge on any atom is -0.481 e. The third-order valence-electron chi connectivity index (χ3n) is 18.1. The molecule has 1 heterocycles. The molecule has 0 radical (unpaired) electrons. The Kier molecular flexibility index (Phi) is 10.9. The van der Waals surface area contributed by atoms with Crippen LogP contribution in [0.25, 0.3) is 0 Å². The molecule has 53 heavy (non-hydrogen) atoms. The number of carbonyl (C=O) groups is 3. The summed E-state index contributed by atoms with van der Waals surface area (Å²) in [4.78, 5) is 40.9. The summed E-state index contributed by atoms with van der Waals surface area (Å²) in [5.74, 6) is 1.05. The van der Waals surface area contributed by atoms with Crippen molar-refractivity contribution in [3.63, 3.8) is 0 Å². The summed E-state index contributed by atoms with van der Waals surface area (Å²) in [7, 11) is 0. The van der Waals surface area contributed by atoms with Crippen LogP contribution in [0.3, 0.4) is 0 Å². The lowest BCUT2D eigenvalue weighted by Crippen LogP contribution is -2.71. The summed E-state index contributed by atoms with van der Waals surface area (Å²) in [5, 5.41) is 12.7. The van der Waals surface area contributed by atoms with E-state index < -0.39 is 11.4 Å². The van der Waals surface area contributed by atoms with Gasteiger partial charge in [-0.2, -0.15) is 0 Å². The lowest BCUT2D eigenvalue weighted by atomic mass is 9.27. The number of morpholine rings is 1. The Labute approximate surface area is 321 Å². The van der Waals surface area contributed by atoms with Crippen LogP contribution < -0.4 is 5.32 Å². The number of rotatable bonds is 11. The number of nitrogens with one attached hydrogen (secondary N) is 1. The lowest BCUT2D eigenvalue weighted by Gasteiger charge is -2.77. The number of nitrogens with zero attached hydrogens (tertiary/aromatic N) is 1. The molecule has 6 aliphatic rings. The maximum atomic E-state index is 13.8. The maximum Gasteiger partial charge on any atom is 0.306 e. The highest BCUT2D eigenvalue weighted by molar-refractivity contribution is 5.77. The zero-order valence-corrected chi connectivity index (χ0v) is 35.0. The van der Waals surface area contributed by atoms with Crippen molar-refractivity contribution in [3.8, 4) is 0 Å². The molecule has 0 aromatic heterocycles. The van der Waals surface area contributed by atoms with Gasteiger partial charge in [0.2, 0.25) is 5.91 Å². The van der Waals surface area contributed by atoms with Gasteiger partial charge in [0.1, 0.15) is 6.10 Å². The van der Waals surface area contributed by atoms with E-state index in [4.69, 9.17) is 9.47 Å². The highest BCUT2D eigenvalue weighted by Gasteiger charge is 2.75. The zero-order chi connectivity index (χ0) is 38.8. The van der Waals surface area contributed by atoms with Crippen LogP contribution in [0.5, 0.6) is 0 Å². The number of esters is 1. The molecule has 8 nitrogen and oxygen atoms in total. The molecule has 0 spiro atoms. The number of allylic oxidation sites excluding steroid dienone is 1. The average Bonchev–Trinajstić information content (AvgIpc) is 3.43. The predicted molar refractivity (Wildman–Crippen MR) is 209 cm³/mol. The van der Waals surface area contributed by atoms with Crippen molar-refractivity contribution in [1.82, 2.24) is 10.2 Å². The van der Waals surface area contributed by atoms with Gasteiger partial charge in [-0.15, -0.1) is 0 Å². The van der Waals surface area contributed by atoms with Gasteiger partial charge in [0.25, 0.3) is 0 Å². The van der Waals surface area contributed by atoms with Gasteiger partial charge in [0, 0.05) is 38.0 Å². The van der Waals surface area contributed by atoms with Crippen LogP contribution in [0.1, 0.15) is 146 Å². The number of amides is 1. The van der Waals surface area contributed by atoms with Crippen molar-refractivity contribution in [3.05, 3.63) is 12.2 Å². The normalized spacial score (nSPS) is 42.3. The van der Waals surface area contributed by atoms with Gasteiger partial charge in [-0.3, -0.25) is 19.3 Å². The highest BCUT2D eigenvalue weighted by Crippen LogP contribution is 2.81. The lowest BCUT2D eigenvalue weighted by molar-refractivity contribution is -0.292. The first-order valence-electron chi connectivity index (χ1n) is 21.3. The molecule has 1 aliphatic heterocycles. The average molecular weight is 739 g/mol. The van der Waals surface area contributed by atoms with Crippen molar-refractivity contribution in [2.75, 3.05) is 39.4 Å². The molecular formula is C45H74N2O6. The van der Waals surface area contributed by atoms with E-state index in [0.29, 0.717) is 36.6 Å². The Bertz CT molecular complexity index is 1440. The third kappa shape index (κ3) is 6.73. The van der Waals surface area contributed by atoms with E-state index in [-0.39, 0.29) is 63.3 Å². The largest absolute Gasteiger partial charge is 0.481 e. The Morgan fingerprint density at radius 3 is 2.19 bits per heavy atom. The van der Waals surface area contributed by atoms with Gasteiger partial charge >= 0.3 is 11.9 Å². The molecule has 5 aliphatic carbocycles. The summed E-state index contributed by atoms with van der Waals surface area (Å²) in [5.41, 5.74) is 1.06. The van der Waals surface area contributed by atoms with Crippen LogP contribution in [0.4, 0.5) is 0 Å². The smallest absolute Gasteiger partial charge is 0.306 e. The molecule has 0 aromatic rings. The van der Waals surface area contributed by atoms with Crippen molar-refractivity contribution in [2.45, 2.75) is 152 Å². The summed E-state index contributed by atoms with van der Waals surface area (Å²) in [6.07, 6.45) is 11.7. The fourth-order valence-electron chi connectivity index (χ4n) is 14.8. The van der Waals surface area contributed by atoms with Gasteiger partial charge in [-0.05, 0) is 127 Å². The van der Waals surface area contributed by atoms with E-state index in [9.17, 15) is 19.5 Å². The van der Waals surface area contributed by atoms with E-state index in [0.717, 1.165) is 71.4 Å². The Hall–Kier alpha value is -1.93. The first-order valence-corrected chi connectivity index (χ1v) is 21.3. The zero-order valence-electron chi connectivity index (χ0n) is 35.0. The summed E-state index contributed by atoms with van der Waals surface area (Å²) >= 11 is 0. The SMILES string of the molecule is C=C(C)C1CC[C@]2(CC(=O)NCCN3CCOCC3)CC[C@]3(C)[C@H](CCC4(C)[C@@]5(C)CCC(OC(=O)CC(C)(C)CC(=O)O)C(C)(C)C5CC[C@]43C)C12. The monoisotopic (exact) mass is 739 g/mol. The molecule has 1 amide bonds. The topological polar surface area (TPSA) is 105 Å². The van der Waals surface area contributed by atoms with Crippen LogP contribution in [0.2, 0.25) is 0 Å². The number of carboxylic acids is 1. The van der Waals surface area contributed by atoms with E-state index in [1.54, 1.807) is 0 Å². The molecule has 0 aromatic carbocycles. The Balaban J connectivity index is 1.21. The number of ether oxygens (including phenoxy) is 2. The molecule has 6 fully saturated rings. The molecule has 6 rings (SSSR count). The quantitative estimate of drug-likeness (QED) is 0.162. The van der Waals surface area contributed by atoms with Crippen LogP contribution in [-0.4, -0.2) is 73.3 Å². The van der Waals surface area contributed by atoms with Gasteiger partial charge in [0.15, 0.2) is 0 Å². The van der Waals surface area contributed by atoms with Crippen molar-refractivity contribution in [2.24, 2.45) is 61.6 Å². The van der Waals surface area contributed by atoms with Gasteiger partial charge < -0.3 is 19.9 Å². The second-order valence-electron chi connectivity index (χ2n) is 21.3. The van der Waals surface area contributed by atoms with Crippen molar-refractivity contribution < 1.29 is 29.0 Å². The number of hydrogen-bond acceptors (Lipinski definition) is 6. The van der Waals surface area contributed by atoms with Crippen molar-refractivity contribution >= 4 is 17.8 Å². The first kappa shape index (κ1) is 40.7. The highest BCUT2D eigenvalue weighted by atomic mass is 16.5. The van der Waals surface area contributed by atoms with Crippen molar-refractivity contribution in [1.29, 1.82) is 0 Å². The first-order chi connectivity index (χ1) is 24.6. The minimum absolute atomic E-state index is 0.0466. The number of hydrogen-bond donors (Lipinski definition) is 2. The summed E-state index contributed by atoms with van der Waals surface area (Å²) in [6.45, 7) is 30.8. The molecule has 2 N–H and O–H groups in total. The number of carboxylic acid groups (broad SMARTS) is 1. The second kappa shape index (κ2) is 14.2. The molecule has 8 heteroatoms. The van der Waals surface area contributed by atoms with E-state index in [1.807, 2.05) is 13.8 Å². The molecule has 5 saturated carbocycles. The summed E-state index contributed by atoms with van der Waals surface area (Å²) < 4.78 is 11.8. The van der Waals surface area contributed by atoms with Crippen LogP contribution in [0, 0.1) is 61.6 Å². The standard InChI is InChI=1S/C45H74N2O6/c1-30(2)31-11-18-45(27-35(48)46-21-22-47-23-25-52-26-24-47)20-19-41(7)32(38(31)45)12-16-44(10)42(8)15-14-34(40(5,6)33(42)13-17-43(41,44)9)53-37(51)29-39(3,4)28-36(49)50/h31-34,38H,1,11-29H2,2-10H3,(H,46,48)(H,49,50)/t31?,32-,33?,34?,38?,41-,42+,43+,44?,45-/m1/s1. The molecule has 300 valence electrons. The molecule has 0 bridgehead atoms. The molecule has 10 atom stereocenters. The van der Waals surface area contributed by atoms with Crippen LogP contribution in [-0.2, 0) is 23.9 Å². The van der Waals surface area contributed by atoms with Gasteiger partial charge in [0.05, 0.1) is 26.1 Å². The summed E-state index contributed by atoms with van der Waals surface area (Å²) in [6, 6.07) is 0. The number of carbonyl (C=O) groups excluding carboxylic acids is 2. The Morgan fingerprint density at radius 2 is 1.53 bits per heavy atom. The minimum atomic E-state index is -0.883. The Morgan fingerprint density at radius 1 is 0.868 bits per heavy atom. The van der Waals surface area contributed by atoms with Gasteiger partial charge in [-0.25, -0.2) is 0 Å². The second-order valence-corrected chi connectivity index (χ2v) is 21.3. The fraction of sp³-hybridized carbons (Fsp3) is 0.889. The number of aliphatic carboxylic acids is 1. The van der Waals surface area contributed by atoms with Crippen LogP contribution >= 0.6 is 0 Å². The van der Waals surface area contributed by atoms with Crippen LogP contribution in [0.15, 0.2) is 12.2 Å². The molecule has 1 saturated heterocycles. The van der Waals surface area contributed by atoms with E-state index >= 15 is 0 Å². The molecule has 5 unspecified atom stereocenters. The maximum absolute atomic E-state index is 13.8. The molecular weight excluding hydrogens is 665 g/mol. The van der Waals surface area contributed by atoms with E-state index in [1.165, 1.54) is 31.3 Å². The number of fused-ring (bicyclic) bond motifs is 7. The van der Waals surface area contributed by atoms with Gasteiger partial charge in [-0.1, -0.05) is 67.5 Å². The fourth-order valence-corrected chi connectivity index (χ4v) is 14.8. The third-order valence-corrected chi connectivity index (χ3v) is 18.1. The predicted octanol–water partition coefficient (Wildman–Crippen LogP) is 8.68. The van der Waals surface area contributed by atoms with E-state index in [2.05, 4.69) is 65.3 Å².